The summed E-state index contributed by atoms with van der Waals surface area (Å²) in [5, 5.41) is 8.72. The Hall–Kier alpha value is -1.82. The molecule has 6 heteroatoms. The molecule has 0 saturated heterocycles. The number of carboxylic acid groups (broad SMARTS) is 1. The molecule has 0 radical (unpaired) electrons. The van der Waals surface area contributed by atoms with Gasteiger partial charge in [-0.05, 0) is 31.0 Å². The molecule has 0 bridgehead atoms. The highest BCUT2D eigenvalue weighted by Gasteiger charge is 2.23. The van der Waals surface area contributed by atoms with Crippen molar-refractivity contribution in [3.8, 4) is 11.5 Å². The molecular formula is C14H18FNO4. The van der Waals surface area contributed by atoms with E-state index in [0.717, 1.165) is 0 Å². The van der Waals surface area contributed by atoms with Gasteiger partial charge in [0.1, 0.15) is 19.4 Å². The van der Waals surface area contributed by atoms with Crippen molar-refractivity contribution in [3.63, 3.8) is 0 Å². The zero-order valence-corrected chi connectivity index (χ0v) is 11.3. The van der Waals surface area contributed by atoms with E-state index in [2.05, 4.69) is 0 Å². The van der Waals surface area contributed by atoms with E-state index in [4.69, 9.17) is 20.3 Å². The molecule has 1 heterocycles. The van der Waals surface area contributed by atoms with Crippen molar-refractivity contribution in [1.29, 1.82) is 0 Å². The summed E-state index contributed by atoms with van der Waals surface area (Å²) in [7, 11) is 0. The van der Waals surface area contributed by atoms with Crippen LogP contribution < -0.4 is 15.2 Å². The fraction of sp³-hybridized carbons (Fsp3) is 0.500. The van der Waals surface area contributed by atoms with Crippen LogP contribution in [-0.2, 0) is 4.79 Å². The van der Waals surface area contributed by atoms with Crippen LogP contribution in [0.3, 0.4) is 0 Å². The number of hydrogen-bond acceptors (Lipinski definition) is 4. The largest absolute Gasteiger partial charge is 0.486 e. The number of hydrogen-bond donors (Lipinski definition) is 2. The van der Waals surface area contributed by atoms with Gasteiger partial charge in [0.2, 0.25) is 0 Å². The first-order chi connectivity index (χ1) is 9.49. The highest BCUT2D eigenvalue weighted by atomic mass is 19.1. The monoisotopic (exact) mass is 283 g/mol. The summed E-state index contributed by atoms with van der Waals surface area (Å²) in [5.74, 6) is 0.0547. The van der Waals surface area contributed by atoms with Crippen LogP contribution in [0, 0.1) is 0 Å². The average molecular weight is 283 g/mol. The van der Waals surface area contributed by atoms with E-state index in [1.165, 1.54) is 6.92 Å². The molecular weight excluding hydrogens is 265 g/mol. The molecule has 2 unspecified atom stereocenters. The average Bonchev–Trinajstić information content (AvgIpc) is 2.43. The Kier molecular flexibility index (Phi) is 4.44. The third-order valence-corrected chi connectivity index (χ3v) is 3.22. The predicted octanol–water partition coefficient (Wildman–Crippen LogP) is 2.35. The van der Waals surface area contributed by atoms with Crippen molar-refractivity contribution >= 4 is 5.97 Å². The smallest absolute Gasteiger partial charge is 0.303 e. The second-order valence-electron chi connectivity index (χ2n) is 4.79. The Morgan fingerprint density at radius 1 is 1.45 bits per heavy atom. The Morgan fingerprint density at radius 3 is 2.80 bits per heavy atom. The van der Waals surface area contributed by atoms with Gasteiger partial charge >= 0.3 is 5.97 Å². The van der Waals surface area contributed by atoms with Crippen LogP contribution in [0.15, 0.2) is 12.1 Å². The summed E-state index contributed by atoms with van der Waals surface area (Å²) in [6.45, 7) is 2.23. The quantitative estimate of drug-likeness (QED) is 0.866. The van der Waals surface area contributed by atoms with Gasteiger partial charge in [0.15, 0.2) is 11.5 Å². The number of alkyl halides is 1. The molecule has 1 aromatic carbocycles. The number of aliphatic carboxylic acids is 1. The molecule has 0 spiro atoms. The first-order valence-corrected chi connectivity index (χ1v) is 6.54. The second-order valence-corrected chi connectivity index (χ2v) is 4.79. The van der Waals surface area contributed by atoms with Gasteiger partial charge in [0.05, 0.1) is 0 Å². The van der Waals surface area contributed by atoms with Crippen molar-refractivity contribution in [2.45, 2.75) is 32.0 Å². The number of fused-ring (bicyclic) bond motifs is 1. The number of carbonyl (C=O) groups is 1. The molecule has 1 aliphatic heterocycles. The molecule has 2 rings (SSSR count). The van der Waals surface area contributed by atoms with Gasteiger partial charge in [-0.2, -0.15) is 0 Å². The van der Waals surface area contributed by atoms with Gasteiger partial charge in [0, 0.05) is 18.0 Å². The fourth-order valence-corrected chi connectivity index (χ4v) is 2.14. The Labute approximate surface area is 116 Å². The Balaban J connectivity index is 2.33. The van der Waals surface area contributed by atoms with Crippen LogP contribution in [0.4, 0.5) is 4.39 Å². The summed E-state index contributed by atoms with van der Waals surface area (Å²) in [6.07, 6.45) is -0.946. The predicted molar refractivity (Wildman–Crippen MR) is 70.8 cm³/mol. The van der Waals surface area contributed by atoms with Crippen molar-refractivity contribution in [2.24, 2.45) is 5.73 Å². The van der Waals surface area contributed by atoms with Gasteiger partial charge in [-0.15, -0.1) is 0 Å². The van der Waals surface area contributed by atoms with E-state index < -0.39 is 18.2 Å². The normalized spacial score (nSPS) is 16.6. The lowest BCUT2D eigenvalue weighted by Crippen LogP contribution is -2.20. The van der Waals surface area contributed by atoms with Crippen LogP contribution in [-0.4, -0.2) is 24.3 Å². The molecule has 0 amide bonds. The summed E-state index contributed by atoms with van der Waals surface area (Å²) >= 11 is 0. The Bertz CT molecular complexity index is 504. The molecule has 0 aliphatic carbocycles. The summed E-state index contributed by atoms with van der Waals surface area (Å²) in [5.41, 5.74) is 7.07. The Morgan fingerprint density at radius 2 is 2.15 bits per heavy atom. The van der Waals surface area contributed by atoms with Crippen LogP contribution in [0.1, 0.15) is 43.1 Å². The van der Waals surface area contributed by atoms with E-state index >= 15 is 0 Å². The number of benzene rings is 1. The molecule has 0 saturated carbocycles. The van der Waals surface area contributed by atoms with Crippen LogP contribution in [0.5, 0.6) is 11.5 Å². The van der Waals surface area contributed by atoms with Gasteiger partial charge in [0.25, 0.3) is 0 Å². The van der Waals surface area contributed by atoms with E-state index in [1.807, 2.05) is 0 Å². The second kappa shape index (κ2) is 6.09. The van der Waals surface area contributed by atoms with Crippen molar-refractivity contribution in [3.05, 3.63) is 23.3 Å². The van der Waals surface area contributed by atoms with E-state index in [-0.39, 0.29) is 12.8 Å². The molecule has 0 aromatic heterocycles. The van der Waals surface area contributed by atoms with E-state index in [9.17, 15) is 9.18 Å². The number of ether oxygens (including phenoxy) is 2. The van der Waals surface area contributed by atoms with Crippen molar-refractivity contribution in [1.82, 2.24) is 0 Å². The van der Waals surface area contributed by atoms with Gasteiger partial charge in [-0.3, -0.25) is 4.79 Å². The fourth-order valence-electron chi connectivity index (χ4n) is 2.14. The van der Waals surface area contributed by atoms with Crippen LogP contribution in [0.2, 0.25) is 0 Å². The molecule has 1 aromatic rings. The first kappa shape index (κ1) is 14.6. The number of nitrogens with two attached hydrogens (primary N) is 1. The first-order valence-electron chi connectivity index (χ1n) is 6.54. The minimum Gasteiger partial charge on any atom is -0.486 e. The molecule has 2 atom stereocenters. The number of rotatable bonds is 5. The molecule has 1 aliphatic rings. The maximum Gasteiger partial charge on any atom is 0.303 e. The van der Waals surface area contributed by atoms with E-state index in [0.29, 0.717) is 35.8 Å². The zero-order chi connectivity index (χ0) is 14.7. The standard InChI is InChI=1S/C14H18FNO4/c1-8(15)9-6-10(11(16)2-3-13(17)18)14-12(7-9)19-4-5-20-14/h6-8,11H,2-5,16H2,1H3,(H,17,18). The summed E-state index contributed by atoms with van der Waals surface area (Å²) < 4.78 is 24.5. The topological polar surface area (TPSA) is 81.8 Å². The van der Waals surface area contributed by atoms with Gasteiger partial charge in [-0.1, -0.05) is 0 Å². The zero-order valence-electron chi connectivity index (χ0n) is 11.3. The molecule has 0 fully saturated rings. The minimum absolute atomic E-state index is 0.0494. The SMILES string of the molecule is CC(F)c1cc2c(c(C(N)CCC(=O)O)c1)OCCO2. The van der Waals surface area contributed by atoms with Crippen LogP contribution in [0.25, 0.3) is 0 Å². The lowest BCUT2D eigenvalue weighted by molar-refractivity contribution is -0.137. The molecule has 3 N–H and O–H groups in total. The lowest BCUT2D eigenvalue weighted by Gasteiger charge is -2.25. The summed E-state index contributed by atoms with van der Waals surface area (Å²) in [6, 6.07) is 2.71. The number of carboxylic acids is 1. The third kappa shape index (κ3) is 3.19. The third-order valence-electron chi connectivity index (χ3n) is 3.22. The lowest BCUT2D eigenvalue weighted by atomic mass is 9.97. The van der Waals surface area contributed by atoms with Gasteiger partial charge in [-0.25, -0.2) is 4.39 Å². The van der Waals surface area contributed by atoms with E-state index in [1.54, 1.807) is 12.1 Å². The highest BCUT2D eigenvalue weighted by Crippen LogP contribution is 2.40. The maximum atomic E-state index is 13.5. The summed E-state index contributed by atoms with van der Waals surface area (Å²) in [4.78, 5) is 10.6. The molecule has 110 valence electrons. The maximum absolute atomic E-state index is 13.5. The highest BCUT2D eigenvalue weighted by molar-refractivity contribution is 5.66. The van der Waals surface area contributed by atoms with Crippen LogP contribution >= 0.6 is 0 Å². The molecule has 20 heavy (non-hydrogen) atoms. The van der Waals surface area contributed by atoms with Crippen molar-refractivity contribution in [2.75, 3.05) is 13.2 Å². The van der Waals surface area contributed by atoms with Crippen molar-refractivity contribution < 1.29 is 23.8 Å². The van der Waals surface area contributed by atoms with Gasteiger partial charge < -0.3 is 20.3 Å². The number of halogens is 1. The minimum atomic E-state index is -1.16. The molecule has 5 nitrogen and oxygen atoms in total.